The van der Waals surface area contributed by atoms with Crippen molar-refractivity contribution in [3.05, 3.63) is 58.0 Å². The van der Waals surface area contributed by atoms with Crippen LogP contribution in [0.15, 0.2) is 51.6 Å². The minimum Gasteiger partial charge on any atom is -0.459 e. The highest BCUT2D eigenvalue weighted by Crippen LogP contribution is 2.45. The molecule has 1 N–H and O–H groups in total. The van der Waals surface area contributed by atoms with Gasteiger partial charge in [0, 0.05) is 17.3 Å². The second-order valence-electron chi connectivity index (χ2n) is 7.77. The first-order valence-electron chi connectivity index (χ1n) is 9.88. The summed E-state index contributed by atoms with van der Waals surface area (Å²) in [5.41, 5.74) is 1.74. The molecule has 1 amide bonds. The van der Waals surface area contributed by atoms with E-state index in [1.807, 2.05) is 19.3 Å². The molecule has 160 valence electrons. The van der Waals surface area contributed by atoms with E-state index in [1.165, 1.54) is 17.8 Å². The average molecular weight is 432 g/mol. The number of hydrogen-bond donors (Lipinski definition) is 1. The van der Waals surface area contributed by atoms with Crippen LogP contribution in [0.5, 0.6) is 0 Å². The summed E-state index contributed by atoms with van der Waals surface area (Å²) in [6, 6.07) is 5.57. The van der Waals surface area contributed by atoms with Crippen molar-refractivity contribution >= 4 is 28.8 Å². The van der Waals surface area contributed by atoms with Gasteiger partial charge in [0.2, 0.25) is 5.91 Å². The number of fused-ring (bicyclic) bond motifs is 1. The maximum Gasteiger partial charge on any atom is 0.338 e. The summed E-state index contributed by atoms with van der Waals surface area (Å²) < 4.78 is 20.3. The predicted octanol–water partition coefficient (Wildman–Crippen LogP) is 4.27. The third-order valence-electron chi connectivity index (χ3n) is 4.55. The average Bonchev–Trinajstić information content (AvgIpc) is 3.01. The van der Waals surface area contributed by atoms with E-state index in [2.05, 4.69) is 10.3 Å². The fourth-order valence-electron chi connectivity index (χ4n) is 3.44. The maximum atomic E-state index is 14.9. The lowest BCUT2D eigenvalue weighted by molar-refractivity contribution is -0.143. The van der Waals surface area contributed by atoms with Gasteiger partial charge < -0.3 is 15.0 Å². The molecular weight excluding hydrogens is 405 g/mol. The molecule has 2 heterocycles. The van der Waals surface area contributed by atoms with Crippen LogP contribution < -0.4 is 5.32 Å². The topological polar surface area (TPSA) is 71.0 Å². The molecule has 8 heteroatoms. The predicted molar refractivity (Wildman–Crippen MR) is 116 cm³/mol. The van der Waals surface area contributed by atoms with Crippen LogP contribution in [0.1, 0.15) is 52.6 Å². The lowest BCUT2D eigenvalue weighted by Gasteiger charge is -2.36. The SMILES string of the molecule is CC1=C(C(=O)OC(C)C)C(c2ccccc2F)N2C(CC(=O)NC(C)C)=CSC2=N1. The fourth-order valence-corrected chi connectivity index (χ4v) is 4.40. The minimum atomic E-state index is -0.766. The summed E-state index contributed by atoms with van der Waals surface area (Å²) in [5, 5.41) is 5.30. The monoisotopic (exact) mass is 431 g/mol. The van der Waals surface area contributed by atoms with Gasteiger partial charge in [-0.3, -0.25) is 4.79 Å². The van der Waals surface area contributed by atoms with Gasteiger partial charge in [-0.1, -0.05) is 30.0 Å². The van der Waals surface area contributed by atoms with Crippen molar-refractivity contribution in [2.24, 2.45) is 4.99 Å². The zero-order chi connectivity index (χ0) is 22.0. The summed E-state index contributed by atoms with van der Waals surface area (Å²) in [5.74, 6) is -1.13. The normalized spacial score (nSPS) is 18.4. The van der Waals surface area contributed by atoms with Gasteiger partial charge in [-0.05, 0) is 46.1 Å². The number of esters is 1. The standard InChI is InChI=1S/C22H26FN3O3S/c1-12(2)24-18(27)10-15-11-30-22-25-14(5)19(21(28)29-13(3)4)20(26(15)22)16-8-6-7-9-17(16)23/h6-9,11-13,20H,10H2,1-5H3,(H,24,27). The number of amidine groups is 1. The van der Waals surface area contributed by atoms with Crippen LogP contribution in [0.25, 0.3) is 0 Å². The molecule has 0 saturated heterocycles. The smallest absolute Gasteiger partial charge is 0.338 e. The summed E-state index contributed by atoms with van der Waals surface area (Å²) in [6.45, 7) is 9.02. The summed E-state index contributed by atoms with van der Waals surface area (Å²) >= 11 is 1.36. The number of ether oxygens (including phenoxy) is 1. The highest BCUT2D eigenvalue weighted by atomic mass is 32.2. The lowest BCUT2D eigenvalue weighted by Crippen LogP contribution is -2.39. The molecule has 0 radical (unpaired) electrons. The second kappa shape index (κ2) is 9.04. The molecule has 0 bridgehead atoms. The Morgan fingerprint density at radius 2 is 1.97 bits per heavy atom. The van der Waals surface area contributed by atoms with Crippen LogP contribution in [-0.4, -0.2) is 34.1 Å². The van der Waals surface area contributed by atoms with Crippen LogP contribution >= 0.6 is 11.8 Å². The van der Waals surface area contributed by atoms with Crippen molar-refractivity contribution in [3.8, 4) is 0 Å². The van der Waals surface area contributed by atoms with Gasteiger partial charge in [0.15, 0.2) is 5.17 Å². The maximum absolute atomic E-state index is 14.9. The number of nitrogens with one attached hydrogen (secondary N) is 1. The van der Waals surface area contributed by atoms with E-state index in [9.17, 15) is 14.0 Å². The molecule has 0 aromatic heterocycles. The Kier molecular flexibility index (Phi) is 6.65. The van der Waals surface area contributed by atoms with E-state index < -0.39 is 17.8 Å². The number of benzene rings is 1. The van der Waals surface area contributed by atoms with Gasteiger partial charge >= 0.3 is 5.97 Å². The van der Waals surface area contributed by atoms with Gasteiger partial charge in [0.05, 0.1) is 29.8 Å². The van der Waals surface area contributed by atoms with E-state index in [4.69, 9.17) is 4.74 Å². The molecular formula is C22H26FN3O3S. The van der Waals surface area contributed by atoms with Crippen molar-refractivity contribution in [1.82, 2.24) is 10.2 Å². The number of aliphatic imine (C=N–C) groups is 1. The fraction of sp³-hybridized carbons (Fsp3) is 0.409. The highest BCUT2D eigenvalue weighted by Gasteiger charge is 2.42. The van der Waals surface area contributed by atoms with E-state index in [-0.39, 0.29) is 30.0 Å². The van der Waals surface area contributed by atoms with Crippen molar-refractivity contribution in [2.75, 3.05) is 0 Å². The molecule has 0 fully saturated rings. The Morgan fingerprint density at radius 1 is 1.27 bits per heavy atom. The molecule has 0 saturated carbocycles. The van der Waals surface area contributed by atoms with Crippen molar-refractivity contribution in [1.29, 1.82) is 0 Å². The third-order valence-corrected chi connectivity index (χ3v) is 5.44. The van der Waals surface area contributed by atoms with Crippen molar-refractivity contribution in [2.45, 2.75) is 59.2 Å². The van der Waals surface area contributed by atoms with Gasteiger partial charge in [-0.15, -0.1) is 0 Å². The number of halogens is 1. The zero-order valence-electron chi connectivity index (χ0n) is 17.7. The molecule has 2 aliphatic heterocycles. The molecule has 2 aliphatic rings. The minimum absolute atomic E-state index is 0.00253. The van der Waals surface area contributed by atoms with Gasteiger partial charge in [0.1, 0.15) is 5.82 Å². The van der Waals surface area contributed by atoms with Crippen LogP contribution in [0, 0.1) is 5.82 Å². The van der Waals surface area contributed by atoms with Crippen LogP contribution in [0.2, 0.25) is 0 Å². The summed E-state index contributed by atoms with van der Waals surface area (Å²) in [4.78, 5) is 31.7. The van der Waals surface area contributed by atoms with Crippen LogP contribution in [0.3, 0.4) is 0 Å². The number of allylic oxidation sites excluding steroid dienone is 1. The number of carbonyl (C=O) groups excluding carboxylic acids is 2. The first kappa shape index (κ1) is 22.1. The molecule has 1 aromatic carbocycles. The molecule has 6 nitrogen and oxygen atoms in total. The van der Waals surface area contributed by atoms with E-state index in [1.54, 1.807) is 43.9 Å². The molecule has 1 unspecified atom stereocenters. The molecule has 0 spiro atoms. The first-order valence-corrected chi connectivity index (χ1v) is 10.8. The number of nitrogens with zero attached hydrogens (tertiary/aromatic N) is 2. The van der Waals surface area contributed by atoms with Gasteiger partial charge in [0.25, 0.3) is 0 Å². The number of hydrogen-bond acceptors (Lipinski definition) is 6. The van der Waals surface area contributed by atoms with E-state index in [0.29, 0.717) is 22.1 Å². The highest BCUT2D eigenvalue weighted by molar-refractivity contribution is 8.16. The Bertz CT molecular complexity index is 953. The van der Waals surface area contributed by atoms with Crippen molar-refractivity contribution in [3.63, 3.8) is 0 Å². The molecule has 3 rings (SSSR count). The first-order chi connectivity index (χ1) is 14.2. The van der Waals surface area contributed by atoms with Crippen molar-refractivity contribution < 1.29 is 18.7 Å². The Labute approximate surface area is 180 Å². The Balaban J connectivity index is 2.06. The number of amides is 1. The summed E-state index contributed by atoms with van der Waals surface area (Å²) in [7, 11) is 0. The largest absolute Gasteiger partial charge is 0.459 e. The number of carbonyl (C=O) groups is 2. The number of rotatable bonds is 6. The van der Waals surface area contributed by atoms with Crippen LogP contribution in [-0.2, 0) is 14.3 Å². The third kappa shape index (κ3) is 4.59. The molecule has 1 atom stereocenters. The van der Waals surface area contributed by atoms with Gasteiger partial charge in [-0.2, -0.15) is 0 Å². The number of thioether (sulfide) groups is 1. The molecule has 30 heavy (non-hydrogen) atoms. The van der Waals surface area contributed by atoms with E-state index >= 15 is 0 Å². The van der Waals surface area contributed by atoms with E-state index in [0.717, 1.165) is 0 Å². The zero-order valence-corrected chi connectivity index (χ0v) is 18.5. The lowest BCUT2D eigenvalue weighted by atomic mass is 9.93. The second-order valence-corrected chi connectivity index (χ2v) is 8.60. The summed E-state index contributed by atoms with van der Waals surface area (Å²) in [6.07, 6.45) is -0.231. The Hall–Kier alpha value is -2.61. The molecule has 0 aliphatic carbocycles. The van der Waals surface area contributed by atoms with Crippen LogP contribution in [0.4, 0.5) is 4.39 Å². The van der Waals surface area contributed by atoms with Gasteiger partial charge in [-0.25, -0.2) is 14.2 Å². The molecule has 1 aromatic rings. The Morgan fingerprint density at radius 3 is 2.60 bits per heavy atom. The quantitative estimate of drug-likeness (QED) is 0.681.